The summed E-state index contributed by atoms with van der Waals surface area (Å²) in [6.07, 6.45) is 3.54. The number of piperidine rings is 2. The molecule has 0 radical (unpaired) electrons. The number of aliphatic hydroxyl groups excluding tert-OH is 1. The summed E-state index contributed by atoms with van der Waals surface area (Å²) in [5, 5.41) is 10.1. The molecule has 1 unspecified atom stereocenters. The van der Waals surface area contributed by atoms with E-state index in [2.05, 4.69) is 18.9 Å². The minimum Gasteiger partial charge on any atom is -0.494 e. The highest BCUT2D eigenvalue weighted by Gasteiger charge is 2.41. The number of ether oxygens (including phenoxy) is 1. The predicted molar refractivity (Wildman–Crippen MR) is 97.9 cm³/mol. The van der Waals surface area contributed by atoms with Crippen molar-refractivity contribution in [2.45, 2.75) is 38.7 Å². The van der Waals surface area contributed by atoms with Crippen LogP contribution < -0.4 is 4.74 Å². The van der Waals surface area contributed by atoms with Crippen LogP contribution in [0.3, 0.4) is 0 Å². The smallest absolute Gasteiger partial charge is 0.253 e. The summed E-state index contributed by atoms with van der Waals surface area (Å²) in [4.78, 5) is 16.9. The number of nitrogens with zero attached hydrogens (tertiary/aromatic N) is 2. The largest absolute Gasteiger partial charge is 0.494 e. The van der Waals surface area contributed by atoms with Gasteiger partial charge in [-0.3, -0.25) is 4.79 Å². The van der Waals surface area contributed by atoms with Gasteiger partial charge in [-0.05, 0) is 62.4 Å². The van der Waals surface area contributed by atoms with E-state index in [0.29, 0.717) is 6.61 Å². The fourth-order valence-electron chi connectivity index (χ4n) is 4.27. The van der Waals surface area contributed by atoms with E-state index in [9.17, 15) is 9.90 Å². The summed E-state index contributed by atoms with van der Waals surface area (Å²) < 4.78 is 5.58. The number of likely N-dealkylation sites (N-methyl/N-ethyl adjacent to an activating group) is 1. The number of carbonyl (C=O) groups is 1. The lowest BCUT2D eigenvalue weighted by Crippen LogP contribution is -2.53. The van der Waals surface area contributed by atoms with Crippen molar-refractivity contribution in [3.8, 4) is 5.75 Å². The van der Waals surface area contributed by atoms with Crippen LogP contribution in [0.5, 0.6) is 5.75 Å². The van der Waals surface area contributed by atoms with E-state index in [0.717, 1.165) is 63.2 Å². The Morgan fingerprint density at radius 1 is 1.28 bits per heavy atom. The van der Waals surface area contributed by atoms with Crippen LogP contribution in [0.4, 0.5) is 0 Å². The molecule has 2 heterocycles. The molecule has 1 N–H and O–H groups in total. The SMILES string of the molecule is CCCOc1ccc(C(=O)N2CCC3(CC2)CC(O)CN(C)C3)cc1. The number of rotatable bonds is 4. The molecule has 1 aromatic carbocycles. The monoisotopic (exact) mass is 346 g/mol. The molecule has 0 saturated carbocycles. The van der Waals surface area contributed by atoms with Crippen molar-refractivity contribution >= 4 is 5.91 Å². The zero-order valence-corrected chi connectivity index (χ0v) is 15.4. The Kier molecular flexibility index (Phi) is 5.64. The summed E-state index contributed by atoms with van der Waals surface area (Å²) in [6, 6.07) is 7.47. The molecule has 25 heavy (non-hydrogen) atoms. The molecule has 5 heteroatoms. The fraction of sp³-hybridized carbons (Fsp3) is 0.650. The zero-order valence-electron chi connectivity index (χ0n) is 15.4. The maximum atomic E-state index is 12.8. The number of aliphatic hydroxyl groups is 1. The van der Waals surface area contributed by atoms with Crippen molar-refractivity contribution in [2.75, 3.05) is 39.8 Å². The van der Waals surface area contributed by atoms with Gasteiger partial charge in [0, 0.05) is 31.7 Å². The Hall–Kier alpha value is -1.59. The third-order valence-corrected chi connectivity index (χ3v) is 5.48. The number of hydrogen-bond acceptors (Lipinski definition) is 4. The van der Waals surface area contributed by atoms with Crippen LogP contribution in [0.1, 0.15) is 43.0 Å². The molecule has 5 nitrogen and oxygen atoms in total. The molecule has 0 bridgehead atoms. The van der Waals surface area contributed by atoms with E-state index in [1.165, 1.54) is 0 Å². The number of benzene rings is 1. The van der Waals surface area contributed by atoms with Crippen molar-refractivity contribution < 1.29 is 14.6 Å². The van der Waals surface area contributed by atoms with Gasteiger partial charge in [0.05, 0.1) is 12.7 Å². The standard InChI is InChI=1S/C20H30N2O3/c1-3-12-25-18-6-4-16(5-7-18)19(24)22-10-8-20(9-11-22)13-17(23)14-21(2)15-20/h4-7,17,23H,3,8-15H2,1-2H3. The van der Waals surface area contributed by atoms with Crippen LogP contribution in [-0.2, 0) is 0 Å². The molecule has 3 rings (SSSR count). The van der Waals surface area contributed by atoms with Gasteiger partial charge < -0.3 is 19.6 Å². The third-order valence-electron chi connectivity index (χ3n) is 5.48. The predicted octanol–water partition coefficient (Wildman–Crippen LogP) is 2.39. The second-order valence-corrected chi connectivity index (χ2v) is 7.72. The molecule has 1 amide bonds. The Morgan fingerprint density at radius 3 is 2.56 bits per heavy atom. The topological polar surface area (TPSA) is 53.0 Å². The van der Waals surface area contributed by atoms with Crippen LogP contribution >= 0.6 is 0 Å². The number of β-amino-alcohol motifs (C(OH)–C–C–N with tert-alkyl or cyclic N) is 1. The lowest BCUT2D eigenvalue weighted by molar-refractivity contribution is -0.0286. The molecule has 0 aromatic heterocycles. The Balaban J connectivity index is 1.58. The zero-order chi connectivity index (χ0) is 17.9. The van der Waals surface area contributed by atoms with Gasteiger partial charge in [0.25, 0.3) is 5.91 Å². The Bertz CT molecular complexity index is 567. The quantitative estimate of drug-likeness (QED) is 0.910. The Labute approximate surface area is 150 Å². The molecule has 1 spiro atoms. The summed E-state index contributed by atoms with van der Waals surface area (Å²) in [6.45, 7) is 6.10. The van der Waals surface area contributed by atoms with Gasteiger partial charge >= 0.3 is 0 Å². The second-order valence-electron chi connectivity index (χ2n) is 7.72. The molecule has 1 atom stereocenters. The highest BCUT2D eigenvalue weighted by Crippen LogP contribution is 2.39. The van der Waals surface area contributed by atoms with Gasteiger partial charge in [0.2, 0.25) is 0 Å². The number of likely N-dealkylation sites (tertiary alicyclic amines) is 2. The van der Waals surface area contributed by atoms with Crippen molar-refractivity contribution in [1.82, 2.24) is 9.80 Å². The van der Waals surface area contributed by atoms with E-state index in [1.54, 1.807) is 0 Å². The average molecular weight is 346 g/mol. The number of carbonyl (C=O) groups excluding carboxylic acids is 1. The molecule has 2 aliphatic rings. The summed E-state index contributed by atoms with van der Waals surface area (Å²) in [5.41, 5.74) is 0.890. The first-order chi connectivity index (χ1) is 12.0. The molecule has 2 aliphatic heterocycles. The van der Waals surface area contributed by atoms with E-state index < -0.39 is 0 Å². The summed E-state index contributed by atoms with van der Waals surface area (Å²) in [5.74, 6) is 0.914. The highest BCUT2D eigenvalue weighted by atomic mass is 16.5. The number of hydrogen-bond donors (Lipinski definition) is 1. The highest BCUT2D eigenvalue weighted by molar-refractivity contribution is 5.94. The second kappa shape index (κ2) is 7.75. The average Bonchev–Trinajstić information content (AvgIpc) is 2.59. The van der Waals surface area contributed by atoms with Crippen molar-refractivity contribution in [3.63, 3.8) is 0 Å². The molecule has 2 saturated heterocycles. The van der Waals surface area contributed by atoms with E-state index in [1.807, 2.05) is 29.2 Å². The van der Waals surface area contributed by atoms with Gasteiger partial charge in [-0.2, -0.15) is 0 Å². The van der Waals surface area contributed by atoms with Crippen LogP contribution in [0.25, 0.3) is 0 Å². The van der Waals surface area contributed by atoms with E-state index >= 15 is 0 Å². The number of amides is 1. The summed E-state index contributed by atoms with van der Waals surface area (Å²) >= 11 is 0. The van der Waals surface area contributed by atoms with E-state index in [4.69, 9.17) is 4.74 Å². The van der Waals surface area contributed by atoms with Crippen LogP contribution in [0.15, 0.2) is 24.3 Å². The van der Waals surface area contributed by atoms with Gasteiger partial charge in [0.1, 0.15) is 5.75 Å². The lowest BCUT2D eigenvalue weighted by atomic mass is 9.71. The molecule has 138 valence electrons. The van der Waals surface area contributed by atoms with Crippen molar-refractivity contribution in [1.29, 1.82) is 0 Å². The normalized spacial score (nSPS) is 23.6. The minimum absolute atomic E-state index is 0.0987. The minimum atomic E-state index is -0.239. The molecular formula is C20H30N2O3. The van der Waals surface area contributed by atoms with Crippen molar-refractivity contribution in [2.24, 2.45) is 5.41 Å². The van der Waals surface area contributed by atoms with Gasteiger partial charge in [-0.25, -0.2) is 0 Å². The van der Waals surface area contributed by atoms with Crippen LogP contribution in [0.2, 0.25) is 0 Å². The molecule has 0 aliphatic carbocycles. The lowest BCUT2D eigenvalue weighted by Gasteiger charge is -2.48. The van der Waals surface area contributed by atoms with Gasteiger partial charge in [0.15, 0.2) is 0 Å². The molecule has 1 aromatic rings. The maximum absolute atomic E-state index is 12.8. The van der Waals surface area contributed by atoms with Crippen LogP contribution in [-0.4, -0.2) is 66.8 Å². The summed E-state index contributed by atoms with van der Waals surface area (Å²) in [7, 11) is 2.07. The van der Waals surface area contributed by atoms with E-state index in [-0.39, 0.29) is 17.4 Å². The third kappa shape index (κ3) is 4.33. The fourth-order valence-corrected chi connectivity index (χ4v) is 4.27. The Morgan fingerprint density at radius 2 is 1.96 bits per heavy atom. The van der Waals surface area contributed by atoms with Gasteiger partial charge in [-0.15, -0.1) is 0 Å². The molecule has 2 fully saturated rings. The first kappa shape index (κ1) is 18.2. The maximum Gasteiger partial charge on any atom is 0.253 e. The first-order valence-electron chi connectivity index (χ1n) is 9.40. The van der Waals surface area contributed by atoms with Crippen molar-refractivity contribution in [3.05, 3.63) is 29.8 Å². The first-order valence-corrected chi connectivity index (χ1v) is 9.40. The van der Waals surface area contributed by atoms with Crippen LogP contribution in [0, 0.1) is 5.41 Å². The van der Waals surface area contributed by atoms with Gasteiger partial charge in [-0.1, -0.05) is 6.92 Å². The molecular weight excluding hydrogens is 316 g/mol.